The van der Waals surface area contributed by atoms with E-state index in [1.807, 2.05) is 62.3 Å². The molecule has 1 unspecified atom stereocenters. The molecule has 26 heavy (non-hydrogen) atoms. The number of rotatable bonds is 5. The minimum Gasteiger partial charge on any atom is -0.507 e. The van der Waals surface area contributed by atoms with Crippen LogP contribution in [0.25, 0.3) is 0 Å². The number of benzene rings is 1. The van der Waals surface area contributed by atoms with Crippen molar-refractivity contribution in [1.29, 1.82) is 0 Å². The molecule has 146 valence electrons. The van der Waals surface area contributed by atoms with Crippen molar-refractivity contribution in [1.82, 2.24) is 5.32 Å². The zero-order valence-electron chi connectivity index (χ0n) is 17.8. The summed E-state index contributed by atoms with van der Waals surface area (Å²) in [5.41, 5.74) is 1.43. The molecule has 0 aliphatic heterocycles. The Morgan fingerprint density at radius 1 is 0.962 bits per heavy atom. The van der Waals surface area contributed by atoms with E-state index in [4.69, 9.17) is 0 Å². The lowest BCUT2D eigenvalue weighted by Crippen LogP contribution is -2.35. The molecule has 0 bridgehead atoms. The van der Waals surface area contributed by atoms with E-state index in [9.17, 15) is 14.7 Å². The van der Waals surface area contributed by atoms with E-state index >= 15 is 0 Å². The topological polar surface area (TPSA) is 66.4 Å². The van der Waals surface area contributed by atoms with Crippen LogP contribution in [0.5, 0.6) is 5.75 Å². The lowest BCUT2D eigenvalue weighted by Gasteiger charge is -2.28. The fourth-order valence-electron chi connectivity index (χ4n) is 2.80. The second-order valence-electron chi connectivity index (χ2n) is 9.62. The number of amides is 1. The summed E-state index contributed by atoms with van der Waals surface area (Å²) in [5.74, 6) is 0.131. The third-order valence-corrected chi connectivity index (χ3v) is 4.52. The molecule has 0 saturated carbocycles. The third-order valence-electron chi connectivity index (χ3n) is 4.52. The van der Waals surface area contributed by atoms with Crippen LogP contribution in [0.3, 0.4) is 0 Å². The van der Waals surface area contributed by atoms with Crippen molar-refractivity contribution in [2.75, 3.05) is 0 Å². The van der Waals surface area contributed by atoms with Gasteiger partial charge in [0, 0.05) is 35.1 Å². The highest BCUT2D eigenvalue weighted by molar-refractivity contribution is 5.95. The molecule has 1 amide bonds. The number of phenols is 1. The fraction of sp³-hybridized carbons (Fsp3) is 0.636. The molecule has 2 N–H and O–H groups in total. The quantitative estimate of drug-likeness (QED) is 0.797. The summed E-state index contributed by atoms with van der Waals surface area (Å²) in [4.78, 5) is 24.7. The van der Waals surface area contributed by atoms with Gasteiger partial charge in [0.2, 0.25) is 0 Å². The van der Waals surface area contributed by atoms with Crippen LogP contribution in [-0.2, 0) is 15.6 Å². The summed E-state index contributed by atoms with van der Waals surface area (Å²) in [6.45, 7) is 17.7. The zero-order valence-corrected chi connectivity index (χ0v) is 17.8. The van der Waals surface area contributed by atoms with Gasteiger partial charge in [-0.25, -0.2) is 0 Å². The minimum atomic E-state index is -0.292. The molecule has 0 fully saturated rings. The maximum absolute atomic E-state index is 12.8. The summed E-state index contributed by atoms with van der Waals surface area (Å²) in [6, 6.07) is 3.29. The van der Waals surface area contributed by atoms with Gasteiger partial charge < -0.3 is 10.4 Å². The largest absolute Gasteiger partial charge is 0.507 e. The van der Waals surface area contributed by atoms with Gasteiger partial charge >= 0.3 is 0 Å². The van der Waals surface area contributed by atoms with Gasteiger partial charge in [0.25, 0.3) is 5.91 Å². The Labute approximate surface area is 158 Å². The van der Waals surface area contributed by atoms with Crippen molar-refractivity contribution in [3.63, 3.8) is 0 Å². The Bertz CT molecular complexity index is 641. The number of hydrogen-bond acceptors (Lipinski definition) is 3. The van der Waals surface area contributed by atoms with E-state index in [2.05, 4.69) is 5.32 Å². The van der Waals surface area contributed by atoms with Crippen LogP contribution in [0.15, 0.2) is 12.1 Å². The SMILES string of the molecule is CC(CC(=O)C(C)C)NC(=O)c1cc(C(C)(C)C)c(O)c(C(C)(C)C)c1. The van der Waals surface area contributed by atoms with Gasteiger partial charge in [0.15, 0.2) is 0 Å². The van der Waals surface area contributed by atoms with Crippen molar-refractivity contribution < 1.29 is 14.7 Å². The summed E-state index contributed by atoms with van der Waals surface area (Å²) in [6.07, 6.45) is 0.319. The van der Waals surface area contributed by atoms with E-state index in [0.29, 0.717) is 12.0 Å². The van der Waals surface area contributed by atoms with Crippen molar-refractivity contribution in [3.8, 4) is 5.75 Å². The molecule has 0 saturated heterocycles. The Hall–Kier alpha value is -1.84. The Morgan fingerprint density at radius 3 is 1.73 bits per heavy atom. The maximum atomic E-state index is 12.8. The number of carbonyl (C=O) groups is 2. The molecule has 0 spiro atoms. The van der Waals surface area contributed by atoms with Crippen LogP contribution in [0.4, 0.5) is 0 Å². The molecule has 0 aliphatic carbocycles. The van der Waals surface area contributed by atoms with Gasteiger partial charge in [-0.3, -0.25) is 9.59 Å². The molecule has 1 aromatic carbocycles. The zero-order chi connectivity index (χ0) is 20.4. The summed E-state index contributed by atoms with van der Waals surface area (Å²) in [7, 11) is 0. The molecule has 1 atom stereocenters. The number of hydrogen-bond donors (Lipinski definition) is 2. The molecule has 0 radical (unpaired) electrons. The lowest BCUT2D eigenvalue weighted by atomic mass is 9.78. The molecule has 4 heteroatoms. The summed E-state index contributed by atoms with van der Waals surface area (Å²) >= 11 is 0. The summed E-state index contributed by atoms with van der Waals surface area (Å²) < 4.78 is 0. The normalized spacial score (nSPS) is 13.6. The van der Waals surface area contributed by atoms with Crippen molar-refractivity contribution in [2.24, 2.45) is 5.92 Å². The highest BCUT2D eigenvalue weighted by Crippen LogP contribution is 2.39. The standard InChI is InChI=1S/C22H35NO3/c1-13(2)18(24)10-14(3)23-20(26)15-11-16(21(4,5)6)19(25)17(12-15)22(7,8)9/h11-14,25H,10H2,1-9H3,(H,23,26). The van der Waals surface area contributed by atoms with Crippen LogP contribution in [-0.4, -0.2) is 22.8 Å². The first-order chi connectivity index (χ1) is 11.6. The average molecular weight is 362 g/mol. The number of Topliss-reactive ketones (excluding diaryl/α,β-unsaturated/α-hetero) is 1. The Kier molecular flexibility index (Phi) is 6.67. The monoisotopic (exact) mass is 361 g/mol. The smallest absolute Gasteiger partial charge is 0.251 e. The fourth-order valence-corrected chi connectivity index (χ4v) is 2.80. The van der Waals surface area contributed by atoms with Crippen molar-refractivity contribution in [2.45, 2.75) is 85.6 Å². The first-order valence-corrected chi connectivity index (χ1v) is 9.36. The second-order valence-corrected chi connectivity index (χ2v) is 9.62. The van der Waals surface area contributed by atoms with Gasteiger partial charge in [0.05, 0.1) is 0 Å². The van der Waals surface area contributed by atoms with Gasteiger partial charge in [0.1, 0.15) is 11.5 Å². The predicted octanol–water partition coefficient (Wildman–Crippen LogP) is 4.72. The van der Waals surface area contributed by atoms with E-state index in [1.54, 1.807) is 12.1 Å². The molecular weight excluding hydrogens is 326 g/mol. The van der Waals surface area contributed by atoms with E-state index in [1.165, 1.54) is 0 Å². The number of nitrogens with one attached hydrogen (secondary N) is 1. The van der Waals surface area contributed by atoms with Crippen LogP contribution < -0.4 is 5.32 Å². The molecule has 0 aromatic heterocycles. The number of carbonyl (C=O) groups excluding carboxylic acids is 2. The van der Waals surface area contributed by atoms with Gasteiger partial charge in [-0.2, -0.15) is 0 Å². The first-order valence-electron chi connectivity index (χ1n) is 9.36. The second kappa shape index (κ2) is 7.81. The van der Waals surface area contributed by atoms with Crippen molar-refractivity contribution in [3.05, 3.63) is 28.8 Å². The van der Waals surface area contributed by atoms with Gasteiger partial charge in [-0.05, 0) is 29.9 Å². The predicted molar refractivity (Wildman–Crippen MR) is 107 cm³/mol. The lowest BCUT2D eigenvalue weighted by molar-refractivity contribution is -0.122. The van der Waals surface area contributed by atoms with Gasteiger partial charge in [-0.1, -0.05) is 55.4 Å². The Balaban J connectivity index is 3.23. The molecule has 0 heterocycles. The number of phenolic OH excluding ortho intramolecular Hbond substituents is 1. The third kappa shape index (κ3) is 5.58. The maximum Gasteiger partial charge on any atom is 0.251 e. The van der Waals surface area contributed by atoms with Crippen molar-refractivity contribution >= 4 is 11.7 Å². The molecule has 1 rings (SSSR count). The first kappa shape index (κ1) is 22.2. The molecule has 4 nitrogen and oxygen atoms in total. The van der Waals surface area contributed by atoms with Crippen LogP contribution >= 0.6 is 0 Å². The van der Waals surface area contributed by atoms with Crippen LogP contribution in [0, 0.1) is 5.92 Å². The average Bonchev–Trinajstić information content (AvgIpc) is 2.44. The number of aromatic hydroxyl groups is 1. The minimum absolute atomic E-state index is 0.0389. The molecule has 0 aliphatic rings. The summed E-state index contributed by atoms with van der Waals surface area (Å²) in [5, 5.41) is 13.7. The van der Waals surface area contributed by atoms with Gasteiger partial charge in [-0.15, -0.1) is 0 Å². The van der Waals surface area contributed by atoms with E-state index in [0.717, 1.165) is 11.1 Å². The highest BCUT2D eigenvalue weighted by Gasteiger charge is 2.28. The van der Waals surface area contributed by atoms with E-state index in [-0.39, 0.29) is 40.2 Å². The Morgan fingerprint density at radius 2 is 1.38 bits per heavy atom. The van der Waals surface area contributed by atoms with Crippen LogP contribution in [0.2, 0.25) is 0 Å². The highest BCUT2D eigenvalue weighted by atomic mass is 16.3. The number of ketones is 1. The van der Waals surface area contributed by atoms with Crippen LogP contribution in [0.1, 0.15) is 90.2 Å². The molecule has 1 aromatic rings. The molecular formula is C22H35NO3. The van der Waals surface area contributed by atoms with E-state index < -0.39 is 0 Å².